The zero-order valence-corrected chi connectivity index (χ0v) is 12.3. The lowest BCUT2D eigenvalue weighted by molar-refractivity contribution is -0.0559. The van der Waals surface area contributed by atoms with Crippen LogP contribution in [0.25, 0.3) is 0 Å². The summed E-state index contributed by atoms with van der Waals surface area (Å²) in [4.78, 5) is 2.72. The van der Waals surface area contributed by atoms with Crippen LogP contribution < -0.4 is 0 Å². The summed E-state index contributed by atoms with van der Waals surface area (Å²) in [6, 6.07) is 12.4. The highest BCUT2D eigenvalue weighted by Gasteiger charge is 2.40. The zero-order valence-electron chi connectivity index (χ0n) is 12.3. The molecule has 3 atom stereocenters. The fourth-order valence-corrected chi connectivity index (χ4v) is 3.87. The van der Waals surface area contributed by atoms with Gasteiger partial charge in [-0.2, -0.15) is 0 Å². The predicted octanol–water partition coefficient (Wildman–Crippen LogP) is 3.05. The Labute approximate surface area is 121 Å². The van der Waals surface area contributed by atoms with Crippen LogP contribution in [0.1, 0.15) is 31.2 Å². The van der Waals surface area contributed by atoms with Crippen molar-refractivity contribution in [3.05, 3.63) is 35.9 Å². The molecule has 3 nitrogen and oxygen atoms in total. The minimum Gasteiger partial charge on any atom is -0.359 e. The van der Waals surface area contributed by atoms with Crippen molar-refractivity contribution in [2.24, 2.45) is 5.92 Å². The van der Waals surface area contributed by atoms with Gasteiger partial charge >= 0.3 is 0 Å². The number of nitrogens with zero attached hydrogens (tertiary/aromatic N) is 1. The Balaban J connectivity index is 1.55. The normalized spacial score (nSPS) is 29.8. The highest BCUT2D eigenvalue weighted by molar-refractivity contribution is 5.15. The first-order valence-electron chi connectivity index (χ1n) is 7.73. The number of methoxy groups -OCH3 is 1. The maximum absolute atomic E-state index is 5.56. The molecule has 1 aromatic carbocycles. The Hall–Kier alpha value is -0.900. The summed E-state index contributed by atoms with van der Waals surface area (Å²) in [5, 5.41) is 0. The van der Waals surface area contributed by atoms with Gasteiger partial charge in [-0.3, -0.25) is 4.90 Å². The van der Waals surface area contributed by atoms with Crippen LogP contribution in [0.4, 0.5) is 0 Å². The zero-order chi connectivity index (χ0) is 13.8. The van der Waals surface area contributed by atoms with Crippen LogP contribution in [0.5, 0.6) is 0 Å². The number of fused-ring (bicyclic) bond motifs is 2. The van der Waals surface area contributed by atoms with Gasteiger partial charge in [-0.05, 0) is 37.2 Å². The van der Waals surface area contributed by atoms with E-state index in [0.717, 1.165) is 31.2 Å². The highest BCUT2D eigenvalue weighted by atomic mass is 16.7. The molecule has 3 heteroatoms. The molecule has 2 fully saturated rings. The number of rotatable bonds is 6. The van der Waals surface area contributed by atoms with Crippen LogP contribution in [-0.4, -0.2) is 37.5 Å². The van der Waals surface area contributed by atoms with E-state index in [1.165, 1.54) is 31.2 Å². The molecule has 110 valence electrons. The third kappa shape index (κ3) is 3.22. The van der Waals surface area contributed by atoms with Crippen molar-refractivity contribution in [3.8, 4) is 0 Å². The smallest absolute Gasteiger partial charge is 0.146 e. The molecule has 0 N–H and O–H groups in total. The van der Waals surface area contributed by atoms with E-state index in [2.05, 4.69) is 35.2 Å². The van der Waals surface area contributed by atoms with Gasteiger partial charge in [0.2, 0.25) is 0 Å². The van der Waals surface area contributed by atoms with Crippen molar-refractivity contribution >= 4 is 0 Å². The standard InChI is InChI=1S/C17H25NO2/c1-19-13-20-12-15-9-16-7-8-17(10-15)18(16)11-14-5-3-2-4-6-14/h2-6,15-17H,7-13H2,1H3/t15-,16-,17+. The molecule has 2 bridgehead atoms. The summed E-state index contributed by atoms with van der Waals surface area (Å²) in [5.74, 6) is 0.717. The monoisotopic (exact) mass is 275 g/mol. The molecule has 2 heterocycles. The SMILES string of the molecule is COCOC[C@@H]1C[C@H]2CC[C@@H](C1)N2Cc1ccccc1. The molecule has 0 radical (unpaired) electrons. The van der Waals surface area contributed by atoms with E-state index in [0.29, 0.717) is 6.79 Å². The molecule has 2 saturated heterocycles. The van der Waals surface area contributed by atoms with Crippen LogP contribution in [-0.2, 0) is 16.0 Å². The van der Waals surface area contributed by atoms with Gasteiger partial charge in [-0.15, -0.1) is 0 Å². The summed E-state index contributed by atoms with van der Waals surface area (Å²) in [6.45, 7) is 2.40. The molecule has 2 aliphatic heterocycles. The van der Waals surface area contributed by atoms with Crippen LogP contribution >= 0.6 is 0 Å². The predicted molar refractivity (Wildman–Crippen MR) is 79.3 cm³/mol. The second-order valence-electron chi connectivity index (χ2n) is 6.16. The van der Waals surface area contributed by atoms with Crippen LogP contribution in [0.15, 0.2) is 30.3 Å². The van der Waals surface area contributed by atoms with Crippen molar-refractivity contribution in [2.75, 3.05) is 20.5 Å². The Morgan fingerprint density at radius 3 is 2.45 bits per heavy atom. The average Bonchev–Trinajstić information content (AvgIpc) is 2.72. The largest absolute Gasteiger partial charge is 0.359 e. The van der Waals surface area contributed by atoms with Crippen molar-refractivity contribution in [1.29, 1.82) is 0 Å². The molecule has 1 aromatic rings. The van der Waals surface area contributed by atoms with Gasteiger partial charge in [-0.25, -0.2) is 0 Å². The first-order chi connectivity index (χ1) is 9.86. The van der Waals surface area contributed by atoms with E-state index < -0.39 is 0 Å². The number of hydrogen-bond acceptors (Lipinski definition) is 3. The molecular formula is C17H25NO2. The number of piperidine rings is 1. The van der Waals surface area contributed by atoms with E-state index >= 15 is 0 Å². The topological polar surface area (TPSA) is 21.7 Å². The highest BCUT2D eigenvalue weighted by Crippen LogP contribution is 2.39. The van der Waals surface area contributed by atoms with Gasteiger partial charge in [0.25, 0.3) is 0 Å². The lowest BCUT2D eigenvalue weighted by Crippen LogP contribution is -2.43. The van der Waals surface area contributed by atoms with Gasteiger partial charge in [0.1, 0.15) is 6.79 Å². The molecule has 0 saturated carbocycles. The van der Waals surface area contributed by atoms with E-state index in [9.17, 15) is 0 Å². The van der Waals surface area contributed by atoms with Crippen LogP contribution in [0.2, 0.25) is 0 Å². The second-order valence-corrected chi connectivity index (χ2v) is 6.16. The Morgan fingerprint density at radius 1 is 1.10 bits per heavy atom. The molecule has 3 rings (SSSR count). The van der Waals surface area contributed by atoms with Crippen molar-refractivity contribution in [1.82, 2.24) is 4.90 Å². The summed E-state index contributed by atoms with van der Waals surface area (Å²) in [6.07, 6.45) is 5.29. The number of hydrogen-bond donors (Lipinski definition) is 0. The van der Waals surface area contributed by atoms with Gasteiger partial charge in [0.05, 0.1) is 6.61 Å². The Bertz CT molecular complexity index is 395. The van der Waals surface area contributed by atoms with E-state index in [1.54, 1.807) is 7.11 Å². The van der Waals surface area contributed by atoms with Gasteiger partial charge in [-0.1, -0.05) is 30.3 Å². The molecule has 0 spiro atoms. The summed E-state index contributed by atoms with van der Waals surface area (Å²) in [5.41, 5.74) is 1.44. The van der Waals surface area contributed by atoms with E-state index in [4.69, 9.17) is 9.47 Å². The van der Waals surface area contributed by atoms with Crippen molar-refractivity contribution < 1.29 is 9.47 Å². The fourth-order valence-electron chi connectivity index (χ4n) is 3.87. The summed E-state index contributed by atoms with van der Waals surface area (Å²) < 4.78 is 10.5. The van der Waals surface area contributed by atoms with Crippen LogP contribution in [0.3, 0.4) is 0 Å². The number of benzene rings is 1. The lowest BCUT2D eigenvalue weighted by atomic mass is 9.91. The molecule has 0 unspecified atom stereocenters. The van der Waals surface area contributed by atoms with Crippen molar-refractivity contribution in [3.63, 3.8) is 0 Å². The van der Waals surface area contributed by atoms with Gasteiger partial charge in [0.15, 0.2) is 0 Å². The number of ether oxygens (including phenoxy) is 2. The van der Waals surface area contributed by atoms with Gasteiger partial charge < -0.3 is 9.47 Å². The minimum absolute atomic E-state index is 0.430. The fraction of sp³-hybridized carbons (Fsp3) is 0.647. The molecule has 0 amide bonds. The average molecular weight is 275 g/mol. The van der Waals surface area contributed by atoms with E-state index in [-0.39, 0.29) is 0 Å². The molecule has 2 aliphatic rings. The minimum atomic E-state index is 0.430. The summed E-state index contributed by atoms with van der Waals surface area (Å²) in [7, 11) is 1.69. The lowest BCUT2D eigenvalue weighted by Gasteiger charge is -2.39. The molecule has 0 aliphatic carbocycles. The maximum Gasteiger partial charge on any atom is 0.146 e. The third-order valence-corrected chi connectivity index (χ3v) is 4.74. The molecule has 0 aromatic heterocycles. The Kier molecular flexibility index (Phi) is 4.71. The maximum atomic E-state index is 5.56. The molecular weight excluding hydrogens is 250 g/mol. The van der Waals surface area contributed by atoms with Gasteiger partial charge in [0, 0.05) is 25.7 Å². The first-order valence-corrected chi connectivity index (χ1v) is 7.73. The first kappa shape index (κ1) is 14.1. The van der Waals surface area contributed by atoms with Crippen molar-refractivity contribution in [2.45, 2.75) is 44.3 Å². The second kappa shape index (κ2) is 6.70. The van der Waals surface area contributed by atoms with Crippen LogP contribution in [0, 0.1) is 5.92 Å². The molecule has 20 heavy (non-hydrogen) atoms. The quantitative estimate of drug-likeness (QED) is 0.588. The Morgan fingerprint density at radius 2 is 1.80 bits per heavy atom. The van der Waals surface area contributed by atoms with E-state index in [1.807, 2.05) is 0 Å². The summed E-state index contributed by atoms with van der Waals surface area (Å²) >= 11 is 0. The third-order valence-electron chi connectivity index (χ3n) is 4.74.